The third kappa shape index (κ3) is 2.66. The van der Waals surface area contributed by atoms with Gasteiger partial charge in [-0.25, -0.2) is 0 Å². The molecule has 0 aromatic heterocycles. The van der Waals surface area contributed by atoms with Gasteiger partial charge in [-0.1, -0.05) is 19.1 Å². The molecule has 1 aromatic rings. The van der Waals surface area contributed by atoms with E-state index in [0.29, 0.717) is 25.2 Å². The summed E-state index contributed by atoms with van der Waals surface area (Å²) in [7, 11) is 0. The van der Waals surface area contributed by atoms with E-state index in [1.54, 1.807) is 0 Å². The van der Waals surface area contributed by atoms with Gasteiger partial charge in [0, 0.05) is 6.61 Å². The smallest absolute Gasteiger partial charge is 0.198 e. The number of hydrogen-bond donors (Lipinski definition) is 0. The highest BCUT2D eigenvalue weighted by Crippen LogP contribution is 2.33. The van der Waals surface area contributed by atoms with Crippen molar-refractivity contribution in [2.45, 2.75) is 45.6 Å². The van der Waals surface area contributed by atoms with E-state index in [1.807, 2.05) is 39.0 Å². The molecule has 0 N–H and O–H groups in total. The van der Waals surface area contributed by atoms with Crippen molar-refractivity contribution in [2.24, 2.45) is 0 Å². The molecule has 0 bridgehead atoms. The molecule has 1 aromatic carbocycles. The molecule has 1 unspecified atom stereocenters. The van der Waals surface area contributed by atoms with E-state index < -0.39 is 5.60 Å². The highest BCUT2D eigenvalue weighted by atomic mass is 16.5. The van der Waals surface area contributed by atoms with Crippen LogP contribution in [0.25, 0.3) is 0 Å². The SMILES string of the molecule is CCOC(C)(CC)C(=O)c1cccc2c1OCCC2. The van der Waals surface area contributed by atoms with Gasteiger partial charge in [0.2, 0.25) is 0 Å². The summed E-state index contributed by atoms with van der Waals surface area (Å²) in [5.41, 5.74) is 1.03. The molecule has 2 rings (SSSR count). The number of fused-ring (bicyclic) bond motifs is 1. The van der Waals surface area contributed by atoms with Crippen LogP contribution >= 0.6 is 0 Å². The zero-order valence-electron chi connectivity index (χ0n) is 12.0. The fourth-order valence-electron chi connectivity index (χ4n) is 2.50. The standard InChI is InChI=1S/C16H22O3/c1-4-16(3,19-5-2)15(17)13-10-6-8-12-9-7-11-18-14(12)13/h6,8,10H,4-5,7,9,11H2,1-3H3. The highest BCUT2D eigenvalue weighted by Gasteiger charge is 2.35. The normalized spacial score (nSPS) is 17.2. The van der Waals surface area contributed by atoms with Gasteiger partial charge in [-0.05, 0) is 44.7 Å². The minimum Gasteiger partial charge on any atom is -0.493 e. The summed E-state index contributed by atoms with van der Waals surface area (Å²) in [5, 5.41) is 0. The number of ketones is 1. The number of aryl methyl sites for hydroxylation is 1. The molecule has 19 heavy (non-hydrogen) atoms. The van der Waals surface area contributed by atoms with Gasteiger partial charge in [-0.15, -0.1) is 0 Å². The van der Waals surface area contributed by atoms with Crippen molar-refractivity contribution in [1.82, 2.24) is 0 Å². The first kappa shape index (κ1) is 14.1. The first-order valence-corrected chi connectivity index (χ1v) is 7.06. The fraction of sp³-hybridized carbons (Fsp3) is 0.562. The molecule has 1 aliphatic heterocycles. The number of hydrogen-bond acceptors (Lipinski definition) is 3. The first-order valence-electron chi connectivity index (χ1n) is 7.06. The molecule has 1 aliphatic rings. The Balaban J connectivity index is 2.38. The molecule has 1 heterocycles. The second-order valence-corrected chi connectivity index (χ2v) is 5.09. The van der Waals surface area contributed by atoms with Crippen LogP contribution in [0.15, 0.2) is 18.2 Å². The van der Waals surface area contributed by atoms with E-state index in [1.165, 1.54) is 0 Å². The van der Waals surface area contributed by atoms with Crippen molar-refractivity contribution in [3.63, 3.8) is 0 Å². The largest absolute Gasteiger partial charge is 0.493 e. The summed E-state index contributed by atoms with van der Waals surface area (Å²) in [6, 6.07) is 5.82. The summed E-state index contributed by atoms with van der Waals surface area (Å²) in [4.78, 5) is 12.8. The van der Waals surface area contributed by atoms with E-state index in [0.717, 1.165) is 24.2 Å². The van der Waals surface area contributed by atoms with E-state index in [9.17, 15) is 4.79 Å². The van der Waals surface area contributed by atoms with E-state index in [2.05, 4.69) is 0 Å². The minimum absolute atomic E-state index is 0.0237. The Kier molecular flexibility index (Phi) is 4.25. The second-order valence-electron chi connectivity index (χ2n) is 5.09. The van der Waals surface area contributed by atoms with Gasteiger partial charge in [0.25, 0.3) is 0 Å². The molecule has 0 saturated heterocycles. The molecule has 1 atom stereocenters. The van der Waals surface area contributed by atoms with Gasteiger partial charge >= 0.3 is 0 Å². The lowest BCUT2D eigenvalue weighted by Crippen LogP contribution is -2.38. The maximum Gasteiger partial charge on any atom is 0.198 e. The molecule has 104 valence electrons. The lowest BCUT2D eigenvalue weighted by molar-refractivity contribution is -0.0118. The third-order valence-electron chi connectivity index (χ3n) is 3.80. The number of ether oxygens (including phenoxy) is 2. The monoisotopic (exact) mass is 262 g/mol. The van der Waals surface area contributed by atoms with E-state index in [4.69, 9.17) is 9.47 Å². The summed E-state index contributed by atoms with van der Waals surface area (Å²) < 4.78 is 11.4. The maximum atomic E-state index is 12.8. The first-order chi connectivity index (χ1) is 9.12. The Morgan fingerprint density at radius 3 is 2.89 bits per heavy atom. The molecule has 0 spiro atoms. The maximum absolute atomic E-state index is 12.8. The molecule has 3 nitrogen and oxygen atoms in total. The molecule has 0 saturated carbocycles. The van der Waals surface area contributed by atoms with Gasteiger partial charge in [0.1, 0.15) is 11.4 Å². The van der Waals surface area contributed by atoms with Crippen LogP contribution in [0, 0.1) is 0 Å². The summed E-state index contributed by atoms with van der Waals surface area (Å²) in [6.07, 6.45) is 2.65. The molecule has 0 amide bonds. The van der Waals surface area contributed by atoms with Crippen molar-refractivity contribution in [2.75, 3.05) is 13.2 Å². The van der Waals surface area contributed by atoms with Crippen LogP contribution in [0.1, 0.15) is 49.5 Å². The predicted octanol–water partition coefficient (Wildman–Crippen LogP) is 3.40. The zero-order valence-corrected chi connectivity index (χ0v) is 12.0. The highest BCUT2D eigenvalue weighted by molar-refractivity contribution is 6.04. The van der Waals surface area contributed by atoms with Crippen LogP contribution in [0.2, 0.25) is 0 Å². The zero-order chi connectivity index (χ0) is 13.9. The van der Waals surface area contributed by atoms with Gasteiger partial charge in [0.05, 0.1) is 12.2 Å². The number of carbonyl (C=O) groups is 1. The minimum atomic E-state index is -0.759. The van der Waals surface area contributed by atoms with Crippen molar-refractivity contribution >= 4 is 5.78 Å². The molecule has 3 heteroatoms. The summed E-state index contributed by atoms with van der Waals surface area (Å²) in [5.74, 6) is 0.786. The number of carbonyl (C=O) groups excluding carboxylic acids is 1. The predicted molar refractivity (Wildman–Crippen MR) is 74.9 cm³/mol. The van der Waals surface area contributed by atoms with Crippen LogP contribution in [0.5, 0.6) is 5.75 Å². The summed E-state index contributed by atoms with van der Waals surface area (Å²) >= 11 is 0. The Labute approximate surface area is 114 Å². The fourth-order valence-corrected chi connectivity index (χ4v) is 2.50. The Bertz CT molecular complexity index is 467. The number of rotatable bonds is 5. The van der Waals surface area contributed by atoms with Gasteiger partial charge in [0.15, 0.2) is 5.78 Å². The molecular weight excluding hydrogens is 240 g/mol. The van der Waals surface area contributed by atoms with Crippen LogP contribution in [0.4, 0.5) is 0 Å². The summed E-state index contributed by atoms with van der Waals surface area (Å²) in [6.45, 7) is 6.98. The third-order valence-corrected chi connectivity index (χ3v) is 3.80. The Hall–Kier alpha value is -1.35. The van der Waals surface area contributed by atoms with Gasteiger partial charge in [-0.3, -0.25) is 4.79 Å². The van der Waals surface area contributed by atoms with Crippen LogP contribution in [0.3, 0.4) is 0 Å². The number of Topliss-reactive ketones (excluding diaryl/α,β-unsaturated/α-hetero) is 1. The van der Waals surface area contributed by atoms with Gasteiger partial charge < -0.3 is 9.47 Å². The molecule has 0 radical (unpaired) electrons. The van der Waals surface area contributed by atoms with Gasteiger partial charge in [-0.2, -0.15) is 0 Å². The van der Waals surface area contributed by atoms with Crippen molar-refractivity contribution in [3.8, 4) is 5.75 Å². The lowest BCUT2D eigenvalue weighted by Gasteiger charge is -2.28. The average molecular weight is 262 g/mol. The molecule has 0 fully saturated rings. The van der Waals surface area contributed by atoms with E-state index in [-0.39, 0.29) is 5.78 Å². The van der Waals surface area contributed by atoms with Crippen molar-refractivity contribution in [3.05, 3.63) is 29.3 Å². The Morgan fingerprint density at radius 1 is 1.42 bits per heavy atom. The molecule has 0 aliphatic carbocycles. The second kappa shape index (κ2) is 5.74. The Morgan fingerprint density at radius 2 is 2.21 bits per heavy atom. The van der Waals surface area contributed by atoms with Crippen molar-refractivity contribution in [1.29, 1.82) is 0 Å². The van der Waals surface area contributed by atoms with Crippen LogP contribution < -0.4 is 4.74 Å². The number of para-hydroxylation sites is 1. The number of benzene rings is 1. The van der Waals surface area contributed by atoms with Crippen LogP contribution in [-0.4, -0.2) is 24.6 Å². The average Bonchev–Trinajstić information content (AvgIpc) is 2.46. The lowest BCUT2D eigenvalue weighted by atomic mass is 9.89. The van der Waals surface area contributed by atoms with Crippen molar-refractivity contribution < 1.29 is 14.3 Å². The van der Waals surface area contributed by atoms with E-state index >= 15 is 0 Å². The topological polar surface area (TPSA) is 35.5 Å². The molecular formula is C16H22O3. The quantitative estimate of drug-likeness (QED) is 0.763. The van der Waals surface area contributed by atoms with Crippen LogP contribution in [-0.2, 0) is 11.2 Å².